The Bertz CT molecular complexity index is 1040. The van der Waals surface area contributed by atoms with Gasteiger partial charge in [0.1, 0.15) is 5.82 Å². The highest BCUT2D eigenvalue weighted by molar-refractivity contribution is 5.55. The number of para-hydroxylation sites is 1. The minimum absolute atomic E-state index is 0.0876. The largest absolute Gasteiger partial charge is 0.369 e. The molecule has 2 aliphatic heterocycles. The molecule has 0 aromatic heterocycles. The van der Waals surface area contributed by atoms with Crippen LogP contribution >= 0.6 is 0 Å². The third-order valence-corrected chi connectivity index (χ3v) is 10.2. The summed E-state index contributed by atoms with van der Waals surface area (Å²) in [7, 11) is 0. The van der Waals surface area contributed by atoms with E-state index in [2.05, 4.69) is 51.6 Å². The van der Waals surface area contributed by atoms with Crippen LogP contribution in [0.4, 0.5) is 15.8 Å². The van der Waals surface area contributed by atoms with Crippen LogP contribution in [0.15, 0.2) is 42.5 Å². The van der Waals surface area contributed by atoms with E-state index in [1.54, 1.807) is 12.1 Å². The molecule has 2 aromatic rings. The summed E-state index contributed by atoms with van der Waals surface area (Å²) in [5.41, 5.74) is 5.02. The molecule has 0 amide bonds. The Balaban J connectivity index is 0.000000165. The number of halogens is 1. The molecule has 0 spiro atoms. The van der Waals surface area contributed by atoms with Crippen molar-refractivity contribution in [2.45, 2.75) is 103 Å². The topological polar surface area (TPSA) is 13.0 Å². The summed E-state index contributed by atoms with van der Waals surface area (Å²) in [6, 6.07) is 15.6. The van der Waals surface area contributed by atoms with E-state index in [0.717, 1.165) is 44.0 Å². The fourth-order valence-electron chi connectivity index (χ4n) is 7.67. The zero-order valence-corrected chi connectivity index (χ0v) is 26.0. The molecule has 226 valence electrons. The maximum Gasteiger partial charge on any atom is 0.146 e. The van der Waals surface area contributed by atoms with Gasteiger partial charge in [-0.05, 0) is 68.9 Å². The summed E-state index contributed by atoms with van der Waals surface area (Å²) in [6.07, 6.45) is 17.0. The van der Waals surface area contributed by atoms with Gasteiger partial charge in [-0.2, -0.15) is 0 Å². The normalized spacial score (nSPS) is 22.5. The number of hydrogen-bond donors (Lipinski definition) is 0. The molecule has 2 heterocycles. The van der Waals surface area contributed by atoms with Crippen molar-refractivity contribution in [2.75, 3.05) is 62.2 Å². The lowest BCUT2D eigenvalue weighted by Crippen LogP contribution is -2.50. The molecule has 2 aromatic carbocycles. The second-order valence-corrected chi connectivity index (χ2v) is 13.1. The van der Waals surface area contributed by atoms with Crippen molar-refractivity contribution in [1.82, 2.24) is 9.80 Å². The quantitative estimate of drug-likeness (QED) is 0.352. The Morgan fingerprint density at radius 3 is 1.49 bits per heavy atom. The average Bonchev–Trinajstić information content (AvgIpc) is 3.46. The van der Waals surface area contributed by atoms with E-state index in [4.69, 9.17) is 0 Å². The zero-order valence-electron chi connectivity index (χ0n) is 26.0. The van der Waals surface area contributed by atoms with Crippen LogP contribution in [0.2, 0.25) is 0 Å². The van der Waals surface area contributed by atoms with Crippen LogP contribution in [0, 0.1) is 19.7 Å². The number of anilines is 2. The van der Waals surface area contributed by atoms with Gasteiger partial charge in [0.2, 0.25) is 0 Å². The first-order chi connectivity index (χ1) is 20.1. The van der Waals surface area contributed by atoms with Crippen molar-refractivity contribution >= 4 is 11.4 Å². The van der Waals surface area contributed by atoms with E-state index in [-0.39, 0.29) is 5.82 Å². The highest BCUT2D eigenvalue weighted by atomic mass is 19.1. The Hall–Kier alpha value is -2.11. The van der Waals surface area contributed by atoms with Gasteiger partial charge < -0.3 is 9.80 Å². The van der Waals surface area contributed by atoms with Gasteiger partial charge in [-0.3, -0.25) is 9.80 Å². The summed E-state index contributed by atoms with van der Waals surface area (Å²) in [6.45, 7) is 13.4. The predicted molar refractivity (Wildman–Crippen MR) is 173 cm³/mol. The van der Waals surface area contributed by atoms with E-state index >= 15 is 0 Å². The average molecular weight is 563 g/mol. The molecule has 0 radical (unpaired) electrons. The van der Waals surface area contributed by atoms with Crippen molar-refractivity contribution in [2.24, 2.45) is 0 Å². The molecule has 41 heavy (non-hydrogen) atoms. The summed E-state index contributed by atoms with van der Waals surface area (Å²) in [5.74, 6) is -0.0876. The maximum atomic E-state index is 13.8. The second-order valence-electron chi connectivity index (χ2n) is 13.1. The van der Waals surface area contributed by atoms with Crippen LogP contribution in [0.1, 0.15) is 88.2 Å². The highest BCUT2D eigenvalue weighted by Gasteiger charge is 2.26. The first kappa shape index (κ1) is 30.4. The van der Waals surface area contributed by atoms with Gasteiger partial charge in [0, 0.05) is 70.1 Å². The van der Waals surface area contributed by atoms with Crippen LogP contribution in [0.25, 0.3) is 0 Å². The van der Waals surface area contributed by atoms with Gasteiger partial charge in [-0.1, -0.05) is 75.6 Å². The van der Waals surface area contributed by atoms with Crippen molar-refractivity contribution < 1.29 is 4.39 Å². The van der Waals surface area contributed by atoms with Crippen LogP contribution in [-0.2, 0) is 0 Å². The van der Waals surface area contributed by atoms with E-state index < -0.39 is 0 Å². The highest BCUT2D eigenvalue weighted by Crippen LogP contribution is 2.27. The number of rotatable bonds is 4. The van der Waals surface area contributed by atoms with Crippen molar-refractivity contribution in [3.8, 4) is 0 Å². The number of nitrogens with zero attached hydrogens (tertiary/aromatic N) is 4. The Morgan fingerprint density at radius 1 is 0.537 bits per heavy atom. The van der Waals surface area contributed by atoms with E-state index in [1.807, 2.05) is 12.1 Å². The molecule has 0 N–H and O–H groups in total. The first-order valence-corrected chi connectivity index (χ1v) is 16.9. The molecule has 2 aliphatic carbocycles. The van der Waals surface area contributed by atoms with Gasteiger partial charge in [-0.25, -0.2) is 4.39 Å². The smallest absolute Gasteiger partial charge is 0.146 e. The molecular formula is C36H55FN4. The van der Waals surface area contributed by atoms with Gasteiger partial charge >= 0.3 is 0 Å². The van der Waals surface area contributed by atoms with Crippen LogP contribution in [-0.4, -0.2) is 74.2 Å². The monoisotopic (exact) mass is 562 g/mol. The lowest BCUT2D eigenvalue weighted by molar-refractivity contribution is 0.169. The van der Waals surface area contributed by atoms with E-state index in [1.165, 1.54) is 120 Å². The lowest BCUT2D eigenvalue weighted by Gasteiger charge is -2.40. The first-order valence-electron chi connectivity index (χ1n) is 16.9. The fourth-order valence-corrected chi connectivity index (χ4v) is 7.67. The van der Waals surface area contributed by atoms with Gasteiger partial charge in [0.15, 0.2) is 0 Å². The third-order valence-electron chi connectivity index (χ3n) is 10.2. The molecule has 2 saturated heterocycles. The Kier molecular flexibility index (Phi) is 11.4. The number of piperazine rings is 2. The van der Waals surface area contributed by atoms with Gasteiger partial charge in [0.05, 0.1) is 5.69 Å². The summed E-state index contributed by atoms with van der Waals surface area (Å²) >= 11 is 0. The van der Waals surface area contributed by atoms with Gasteiger partial charge in [0.25, 0.3) is 0 Å². The molecule has 0 atom stereocenters. The molecule has 4 nitrogen and oxygen atoms in total. The molecule has 4 aliphatic rings. The SMILES string of the molecule is Cc1ccc(C)c(N2CCN(C3CCCCCC3)CC2)c1.Fc1ccccc1N1CCN(C2CCCCCC2)CC1. The Labute approximate surface area is 249 Å². The molecular weight excluding hydrogens is 507 g/mol. The number of benzene rings is 2. The third kappa shape index (κ3) is 8.47. The summed E-state index contributed by atoms with van der Waals surface area (Å²) in [4.78, 5) is 10.2. The number of aryl methyl sites for hydroxylation is 2. The van der Waals surface area contributed by atoms with Crippen molar-refractivity contribution in [3.63, 3.8) is 0 Å². The Morgan fingerprint density at radius 2 is 1.00 bits per heavy atom. The molecule has 0 unspecified atom stereocenters. The van der Waals surface area contributed by atoms with E-state index in [0.29, 0.717) is 0 Å². The predicted octanol–water partition coefficient (Wildman–Crippen LogP) is 7.82. The summed E-state index contributed by atoms with van der Waals surface area (Å²) < 4.78 is 13.8. The fraction of sp³-hybridized carbons (Fsp3) is 0.667. The van der Waals surface area contributed by atoms with E-state index in [9.17, 15) is 4.39 Å². The van der Waals surface area contributed by atoms with Crippen LogP contribution < -0.4 is 9.80 Å². The minimum Gasteiger partial charge on any atom is -0.369 e. The molecule has 4 fully saturated rings. The second kappa shape index (κ2) is 15.4. The molecule has 5 heteroatoms. The standard InChI is InChI=1S/C19H30N2.C17H25FN2/c1-16-9-10-17(2)19(15-16)21-13-11-20(12-14-21)18-7-5-3-4-6-8-18;18-16-9-5-6-10-17(16)20-13-11-19(12-14-20)15-7-3-1-2-4-8-15/h9-10,15,18H,3-8,11-14H2,1-2H3;5-6,9-10,15H,1-4,7-8,11-14H2. The minimum atomic E-state index is -0.0876. The summed E-state index contributed by atoms with van der Waals surface area (Å²) in [5, 5.41) is 0. The van der Waals surface area contributed by atoms with Crippen molar-refractivity contribution in [3.05, 3.63) is 59.4 Å². The molecule has 0 bridgehead atoms. The van der Waals surface area contributed by atoms with Crippen LogP contribution in [0.5, 0.6) is 0 Å². The molecule has 2 saturated carbocycles. The lowest BCUT2D eigenvalue weighted by atomic mass is 10.1. The molecule has 6 rings (SSSR count). The zero-order chi connectivity index (χ0) is 28.4. The maximum absolute atomic E-state index is 13.8. The van der Waals surface area contributed by atoms with Gasteiger partial charge in [-0.15, -0.1) is 0 Å². The van der Waals surface area contributed by atoms with Crippen molar-refractivity contribution in [1.29, 1.82) is 0 Å². The number of hydrogen-bond acceptors (Lipinski definition) is 4. The van der Waals surface area contributed by atoms with Crippen LogP contribution in [0.3, 0.4) is 0 Å².